The summed E-state index contributed by atoms with van der Waals surface area (Å²) in [6.07, 6.45) is 0. The number of aromatic nitrogens is 2. The lowest BCUT2D eigenvalue weighted by molar-refractivity contribution is -0.147. The maximum absolute atomic E-state index is 13.0. The van der Waals surface area contributed by atoms with Gasteiger partial charge in [0.05, 0.1) is 5.56 Å². The monoisotopic (exact) mass is 386 g/mol. The Morgan fingerprint density at radius 3 is 2.59 bits per heavy atom. The van der Waals surface area contributed by atoms with E-state index in [0.29, 0.717) is 5.56 Å². The number of halogens is 1. The van der Waals surface area contributed by atoms with Crippen molar-refractivity contribution in [3.8, 4) is 16.9 Å². The van der Waals surface area contributed by atoms with E-state index in [1.165, 1.54) is 18.7 Å². The van der Waals surface area contributed by atoms with Crippen LogP contribution in [0.25, 0.3) is 21.9 Å². The van der Waals surface area contributed by atoms with Crippen molar-refractivity contribution in [2.75, 3.05) is 6.79 Å². The van der Waals surface area contributed by atoms with Crippen LogP contribution in [0.1, 0.15) is 18.1 Å². The van der Waals surface area contributed by atoms with Crippen LogP contribution in [0.2, 0.25) is 5.15 Å². The molecule has 0 bridgehead atoms. The molecule has 6 nitrogen and oxygen atoms in total. The second-order valence-electron chi connectivity index (χ2n) is 6.30. The third-order valence-electron chi connectivity index (χ3n) is 4.26. The normalized spacial score (nSPS) is 10.9. The molecule has 140 valence electrons. The Morgan fingerprint density at radius 2 is 1.89 bits per heavy atom. The lowest BCUT2D eigenvalue weighted by Crippen LogP contribution is -2.23. The molecule has 0 aliphatic heterocycles. The van der Waals surface area contributed by atoms with Crippen molar-refractivity contribution in [1.82, 2.24) is 9.78 Å². The van der Waals surface area contributed by atoms with Crippen molar-refractivity contribution in [3.63, 3.8) is 0 Å². The molecule has 1 heterocycles. The molecule has 1 aromatic heterocycles. The molecule has 0 N–H and O–H groups in total. The van der Waals surface area contributed by atoms with E-state index in [1.807, 2.05) is 44.2 Å². The van der Waals surface area contributed by atoms with Gasteiger partial charge in [-0.1, -0.05) is 47.5 Å². The first-order chi connectivity index (χ1) is 12.8. The predicted octanol–water partition coefficient (Wildman–Crippen LogP) is 3.77. The molecule has 3 aromatic rings. The van der Waals surface area contributed by atoms with E-state index in [1.54, 1.807) is 0 Å². The van der Waals surface area contributed by atoms with Crippen molar-refractivity contribution in [3.05, 3.63) is 57.0 Å². The van der Waals surface area contributed by atoms with E-state index in [0.717, 1.165) is 27.5 Å². The third kappa shape index (κ3) is 3.66. The number of hydrogen-bond acceptors (Lipinski definition) is 5. The van der Waals surface area contributed by atoms with Crippen LogP contribution in [0.5, 0.6) is 5.75 Å². The van der Waals surface area contributed by atoms with Gasteiger partial charge in [-0.3, -0.25) is 9.59 Å². The number of nitrogens with zero attached hydrogens (tertiary/aromatic N) is 2. The lowest BCUT2D eigenvalue weighted by Gasteiger charge is -2.17. The number of fused-ring (bicyclic) bond motifs is 1. The zero-order valence-corrected chi connectivity index (χ0v) is 16.3. The van der Waals surface area contributed by atoms with Gasteiger partial charge in [-0.15, -0.1) is 0 Å². The Balaban J connectivity index is 2.32. The fourth-order valence-electron chi connectivity index (χ4n) is 2.98. The molecule has 0 unspecified atom stereocenters. The second-order valence-corrected chi connectivity index (χ2v) is 6.66. The number of carbonyl (C=O) groups excluding carboxylic acids is 1. The zero-order chi connectivity index (χ0) is 19.7. The van der Waals surface area contributed by atoms with Crippen LogP contribution in [-0.4, -0.2) is 22.5 Å². The van der Waals surface area contributed by atoms with Crippen LogP contribution >= 0.6 is 11.6 Å². The Kier molecular flexibility index (Phi) is 5.19. The molecule has 2 aromatic carbocycles. The maximum atomic E-state index is 13.0. The zero-order valence-electron chi connectivity index (χ0n) is 15.5. The van der Waals surface area contributed by atoms with Crippen LogP contribution < -0.4 is 10.3 Å². The number of ether oxygens (including phenoxy) is 2. The van der Waals surface area contributed by atoms with Gasteiger partial charge in [0.15, 0.2) is 10.9 Å². The number of carbonyl (C=O) groups is 1. The molecule has 0 aliphatic rings. The summed E-state index contributed by atoms with van der Waals surface area (Å²) in [6.45, 7) is 4.81. The highest BCUT2D eigenvalue weighted by Crippen LogP contribution is 2.38. The van der Waals surface area contributed by atoms with Crippen molar-refractivity contribution in [2.45, 2.75) is 20.8 Å². The van der Waals surface area contributed by atoms with Gasteiger partial charge in [0, 0.05) is 19.5 Å². The molecule has 7 heteroatoms. The topological polar surface area (TPSA) is 70.4 Å². The summed E-state index contributed by atoms with van der Waals surface area (Å²) in [5, 5.41) is 5.90. The smallest absolute Gasteiger partial charge is 0.305 e. The number of hydrogen-bond donors (Lipinski definition) is 0. The first-order valence-electron chi connectivity index (χ1n) is 8.33. The van der Waals surface area contributed by atoms with Crippen LogP contribution in [0, 0.1) is 13.8 Å². The van der Waals surface area contributed by atoms with Crippen LogP contribution in [0.4, 0.5) is 0 Å². The second kappa shape index (κ2) is 7.40. The van der Waals surface area contributed by atoms with E-state index in [-0.39, 0.29) is 23.3 Å². The van der Waals surface area contributed by atoms with Crippen molar-refractivity contribution in [1.29, 1.82) is 0 Å². The van der Waals surface area contributed by atoms with Gasteiger partial charge in [-0.25, -0.2) is 4.68 Å². The Hall–Kier alpha value is -2.86. The number of benzene rings is 2. The van der Waals surface area contributed by atoms with Crippen LogP contribution in [0.15, 0.2) is 35.1 Å². The molecule has 3 rings (SSSR count). The minimum atomic E-state index is -0.499. The lowest BCUT2D eigenvalue weighted by atomic mass is 9.93. The molecular weight excluding hydrogens is 368 g/mol. The summed E-state index contributed by atoms with van der Waals surface area (Å²) in [6, 6.07) is 9.97. The standard InChI is InChI=1S/C20H19ClN2O4/c1-11-5-7-14-8-6-12(2)16(15(14)9-11)17-18(27-10-26-13(3)24)19(21)22-23(4)20(17)25/h5-9H,10H2,1-4H3. The van der Waals surface area contributed by atoms with Crippen LogP contribution in [-0.2, 0) is 16.6 Å². The third-order valence-corrected chi connectivity index (χ3v) is 4.51. The SMILES string of the molecule is CC(=O)OCOc1c(Cl)nn(C)c(=O)c1-c1c(C)ccc2ccc(C)cc12. The highest BCUT2D eigenvalue weighted by atomic mass is 35.5. The molecule has 0 radical (unpaired) electrons. The minimum Gasteiger partial charge on any atom is -0.453 e. The molecule has 0 amide bonds. The summed E-state index contributed by atoms with van der Waals surface area (Å²) < 4.78 is 11.6. The molecular formula is C20H19ClN2O4. The molecule has 0 aliphatic carbocycles. The largest absolute Gasteiger partial charge is 0.453 e. The van der Waals surface area contributed by atoms with Gasteiger partial charge in [0.2, 0.25) is 6.79 Å². The average Bonchev–Trinajstić information content (AvgIpc) is 2.60. The maximum Gasteiger partial charge on any atom is 0.305 e. The summed E-state index contributed by atoms with van der Waals surface area (Å²) in [5.41, 5.74) is 2.62. The van der Waals surface area contributed by atoms with E-state index in [9.17, 15) is 9.59 Å². The van der Waals surface area contributed by atoms with E-state index in [4.69, 9.17) is 21.1 Å². The molecule has 0 saturated carbocycles. The predicted molar refractivity (Wildman–Crippen MR) is 104 cm³/mol. The van der Waals surface area contributed by atoms with Crippen LogP contribution in [0.3, 0.4) is 0 Å². The highest BCUT2D eigenvalue weighted by Gasteiger charge is 2.22. The quantitative estimate of drug-likeness (QED) is 0.504. The number of rotatable bonds is 4. The number of esters is 1. The van der Waals surface area contributed by atoms with Gasteiger partial charge >= 0.3 is 5.97 Å². The summed E-state index contributed by atoms with van der Waals surface area (Å²) in [4.78, 5) is 24.0. The highest BCUT2D eigenvalue weighted by molar-refractivity contribution is 6.31. The summed E-state index contributed by atoms with van der Waals surface area (Å²) in [5.74, 6) is -0.403. The summed E-state index contributed by atoms with van der Waals surface area (Å²) in [7, 11) is 1.53. The van der Waals surface area contributed by atoms with Gasteiger partial charge in [0.25, 0.3) is 5.56 Å². The van der Waals surface area contributed by atoms with E-state index < -0.39 is 5.97 Å². The average molecular weight is 387 g/mol. The Bertz CT molecular complexity index is 1100. The fourth-order valence-corrected chi connectivity index (χ4v) is 3.24. The van der Waals surface area contributed by atoms with Crippen molar-refractivity contribution < 1.29 is 14.3 Å². The molecule has 0 saturated heterocycles. The number of aryl methyl sites for hydroxylation is 3. The van der Waals surface area contributed by atoms with Gasteiger partial charge < -0.3 is 9.47 Å². The Labute approximate surface area is 161 Å². The van der Waals surface area contributed by atoms with Gasteiger partial charge in [-0.05, 0) is 30.2 Å². The van der Waals surface area contributed by atoms with Gasteiger partial charge in [0.1, 0.15) is 0 Å². The molecule has 27 heavy (non-hydrogen) atoms. The molecule has 0 fully saturated rings. The first kappa shape index (κ1) is 18.9. The van der Waals surface area contributed by atoms with Gasteiger partial charge in [-0.2, -0.15) is 5.10 Å². The Morgan fingerprint density at radius 1 is 1.19 bits per heavy atom. The van der Waals surface area contributed by atoms with E-state index in [2.05, 4.69) is 5.10 Å². The van der Waals surface area contributed by atoms with E-state index >= 15 is 0 Å². The fraction of sp³-hybridized carbons (Fsp3) is 0.250. The summed E-state index contributed by atoms with van der Waals surface area (Å²) >= 11 is 6.27. The van der Waals surface area contributed by atoms with Crippen molar-refractivity contribution in [2.24, 2.45) is 7.05 Å². The first-order valence-corrected chi connectivity index (χ1v) is 8.70. The molecule has 0 spiro atoms. The molecule has 0 atom stereocenters. The van der Waals surface area contributed by atoms with Crippen molar-refractivity contribution >= 4 is 28.3 Å². The minimum absolute atomic E-state index is 0.0170.